The van der Waals surface area contributed by atoms with E-state index in [2.05, 4.69) is 22.2 Å². The van der Waals surface area contributed by atoms with Gasteiger partial charge in [-0.2, -0.15) is 8.78 Å². The number of alkyl carbamates (subject to hydrolysis) is 1. The van der Waals surface area contributed by atoms with Crippen molar-refractivity contribution < 1.29 is 93.5 Å². The highest BCUT2D eigenvalue weighted by Gasteiger charge is 2.23. The number of ether oxygens (including phenoxy) is 14. The molecule has 0 fully saturated rings. The lowest BCUT2D eigenvalue weighted by Gasteiger charge is -2.18. The summed E-state index contributed by atoms with van der Waals surface area (Å²) in [7, 11) is 0. The van der Waals surface area contributed by atoms with Crippen LogP contribution in [0.25, 0.3) is 0 Å². The second-order valence-corrected chi connectivity index (χ2v) is 13.3. The number of rotatable bonds is 41. The van der Waals surface area contributed by atoms with E-state index in [1.807, 2.05) is 0 Å². The van der Waals surface area contributed by atoms with Gasteiger partial charge >= 0.3 is 12.1 Å². The lowest BCUT2D eigenvalue weighted by molar-refractivity contribution is -0.136. The molecule has 1 N–H and O–H groups in total. The molecule has 21 heteroatoms. The standard InChI is InChI=1S/C42H67F4NO16/c43-36-34-37(44)40(46)41(39(36)45)63-38(48)8-10-50-12-14-52-16-18-54-20-22-56-24-26-58-28-30-60-32-33-61-31-29-59-27-25-57-23-21-55-19-17-53-15-13-51-11-9-47-42(49)62-35-6-4-2-1-3-5-7-35/h1-2,34-35H,3-33H2,(H,47,49)/b2-1-. The molecule has 17 nitrogen and oxygen atoms in total. The smallest absolute Gasteiger partial charge is 0.407 e. The molecular weight excluding hydrogens is 850 g/mol. The topological polar surface area (TPSA) is 175 Å². The van der Waals surface area contributed by atoms with Gasteiger partial charge < -0.3 is 71.6 Å². The van der Waals surface area contributed by atoms with Crippen molar-refractivity contribution in [1.29, 1.82) is 0 Å². The summed E-state index contributed by atoms with van der Waals surface area (Å²) in [5.41, 5.74) is 0. The summed E-state index contributed by atoms with van der Waals surface area (Å²) in [5, 5.41) is 2.73. The van der Waals surface area contributed by atoms with Gasteiger partial charge in [0.1, 0.15) is 6.10 Å². The van der Waals surface area contributed by atoms with E-state index in [0.717, 1.165) is 32.1 Å². The van der Waals surface area contributed by atoms with Crippen LogP contribution >= 0.6 is 0 Å². The molecule has 1 atom stereocenters. The minimum Gasteiger partial charge on any atom is -0.446 e. The summed E-state index contributed by atoms with van der Waals surface area (Å²) in [4.78, 5) is 23.6. The number of hydrogen-bond donors (Lipinski definition) is 1. The minimum atomic E-state index is -1.80. The molecule has 1 aliphatic carbocycles. The van der Waals surface area contributed by atoms with Crippen LogP contribution in [0.1, 0.15) is 38.5 Å². The number of amides is 1. The normalized spacial score (nSPS) is 14.6. The summed E-state index contributed by atoms with van der Waals surface area (Å²) < 4.78 is 128. The molecule has 0 bridgehead atoms. The van der Waals surface area contributed by atoms with Gasteiger partial charge in [0.15, 0.2) is 11.6 Å². The van der Waals surface area contributed by atoms with Crippen molar-refractivity contribution in [3.05, 3.63) is 41.5 Å². The lowest BCUT2D eigenvalue weighted by Crippen LogP contribution is -2.31. The fourth-order valence-corrected chi connectivity index (χ4v) is 5.14. The third kappa shape index (κ3) is 32.3. The zero-order valence-electron chi connectivity index (χ0n) is 36.3. The van der Waals surface area contributed by atoms with Gasteiger partial charge in [-0.05, 0) is 32.1 Å². The number of esters is 1. The lowest BCUT2D eigenvalue weighted by atomic mass is 10.0. The van der Waals surface area contributed by atoms with E-state index in [0.29, 0.717) is 145 Å². The average molecular weight is 918 g/mol. The average Bonchev–Trinajstić information content (AvgIpc) is 3.26. The largest absolute Gasteiger partial charge is 0.446 e. The summed E-state index contributed by atoms with van der Waals surface area (Å²) in [6, 6.07) is 0.0168. The number of halogens is 4. The Morgan fingerprint density at radius 3 is 1.22 bits per heavy atom. The molecule has 364 valence electrons. The van der Waals surface area contributed by atoms with E-state index in [4.69, 9.17) is 61.6 Å². The predicted molar refractivity (Wildman–Crippen MR) is 217 cm³/mol. The van der Waals surface area contributed by atoms with Crippen molar-refractivity contribution in [1.82, 2.24) is 5.32 Å². The first kappa shape index (κ1) is 56.1. The maximum atomic E-state index is 13.6. The number of carbonyl (C=O) groups is 2. The van der Waals surface area contributed by atoms with Crippen LogP contribution in [-0.2, 0) is 66.4 Å². The van der Waals surface area contributed by atoms with E-state index in [1.165, 1.54) is 0 Å². The van der Waals surface area contributed by atoms with Crippen LogP contribution in [0, 0.1) is 23.3 Å². The molecule has 2 rings (SSSR count). The van der Waals surface area contributed by atoms with Gasteiger partial charge in [0.2, 0.25) is 17.4 Å². The van der Waals surface area contributed by atoms with Crippen molar-refractivity contribution >= 4 is 12.1 Å². The molecule has 1 aromatic rings. The molecule has 1 unspecified atom stereocenters. The molecule has 0 saturated carbocycles. The van der Waals surface area contributed by atoms with Crippen LogP contribution in [0.5, 0.6) is 5.75 Å². The highest BCUT2D eigenvalue weighted by atomic mass is 19.2. The van der Waals surface area contributed by atoms with Gasteiger partial charge in [-0.3, -0.25) is 4.79 Å². The summed E-state index contributed by atoms with van der Waals surface area (Å²) >= 11 is 0. The molecule has 0 heterocycles. The Hall–Kier alpha value is -3.06. The number of benzene rings is 1. The number of carbonyl (C=O) groups excluding carboxylic acids is 2. The Bertz CT molecular complexity index is 1290. The Labute approximate surface area is 367 Å². The van der Waals surface area contributed by atoms with Crippen LogP contribution in [0.4, 0.5) is 22.4 Å². The first-order valence-electron chi connectivity index (χ1n) is 21.4. The van der Waals surface area contributed by atoms with E-state index in [9.17, 15) is 27.2 Å². The third-order valence-electron chi connectivity index (χ3n) is 8.34. The molecule has 0 radical (unpaired) electrons. The van der Waals surface area contributed by atoms with Gasteiger partial charge in [0.05, 0.1) is 165 Å². The van der Waals surface area contributed by atoms with Crippen molar-refractivity contribution in [2.45, 2.75) is 44.6 Å². The zero-order valence-corrected chi connectivity index (χ0v) is 36.3. The van der Waals surface area contributed by atoms with Crippen LogP contribution in [0.2, 0.25) is 0 Å². The van der Waals surface area contributed by atoms with Crippen LogP contribution in [0.15, 0.2) is 18.2 Å². The molecule has 1 aromatic carbocycles. The maximum absolute atomic E-state index is 13.6. The van der Waals surface area contributed by atoms with E-state index in [1.54, 1.807) is 0 Å². The van der Waals surface area contributed by atoms with Crippen molar-refractivity contribution in [3.8, 4) is 5.75 Å². The molecule has 0 aliphatic heterocycles. The monoisotopic (exact) mass is 917 g/mol. The fourth-order valence-electron chi connectivity index (χ4n) is 5.14. The Morgan fingerprint density at radius 1 is 0.476 bits per heavy atom. The minimum absolute atomic E-state index is 0.0168. The molecule has 1 amide bonds. The van der Waals surface area contributed by atoms with Gasteiger partial charge in [0.25, 0.3) is 0 Å². The number of allylic oxidation sites excluding steroid dienone is 2. The van der Waals surface area contributed by atoms with Gasteiger partial charge in [-0.25, -0.2) is 13.6 Å². The van der Waals surface area contributed by atoms with E-state index in [-0.39, 0.29) is 32.0 Å². The summed E-state index contributed by atoms with van der Waals surface area (Å²) in [5.74, 6) is -9.50. The number of nitrogens with one attached hydrogen (secondary N) is 1. The molecule has 63 heavy (non-hydrogen) atoms. The predicted octanol–water partition coefficient (Wildman–Crippen LogP) is 4.35. The van der Waals surface area contributed by atoms with Gasteiger partial charge in [0, 0.05) is 12.6 Å². The second kappa shape index (κ2) is 40.4. The molecule has 1 aliphatic rings. The SMILES string of the molecule is O=C(CCOCCOCCOCCOCCOCCOCCOCCOCCOCCOCCOCCOCCNC(=O)OC1CC/C=C\CCC1)Oc1c(F)c(F)cc(F)c1F. The molecule has 0 saturated heterocycles. The Kier molecular flexibility index (Phi) is 36.0. The molecule has 0 spiro atoms. The first-order chi connectivity index (χ1) is 30.9. The summed E-state index contributed by atoms with van der Waals surface area (Å²) in [6.45, 7) is 9.42. The van der Waals surface area contributed by atoms with Crippen molar-refractivity contribution in [2.24, 2.45) is 0 Å². The van der Waals surface area contributed by atoms with Crippen LogP contribution < -0.4 is 10.1 Å². The molecule has 0 aromatic heterocycles. The summed E-state index contributed by atoms with van der Waals surface area (Å²) in [6.07, 6.45) is 8.28. The van der Waals surface area contributed by atoms with Crippen molar-refractivity contribution in [2.75, 3.05) is 165 Å². The third-order valence-corrected chi connectivity index (χ3v) is 8.34. The van der Waals surface area contributed by atoms with Crippen LogP contribution in [-0.4, -0.2) is 183 Å². The zero-order chi connectivity index (χ0) is 45.3. The quantitative estimate of drug-likeness (QED) is 0.0245. The van der Waals surface area contributed by atoms with Gasteiger partial charge in [-0.15, -0.1) is 0 Å². The van der Waals surface area contributed by atoms with E-state index >= 15 is 0 Å². The fraction of sp³-hybridized carbons (Fsp3) is 0.762. The maximum Gasteiger partial charge on any atom is 0.407 e. The second-order valence-electron chi connectivity index (χ2n) is 13.3. The Balaban J connectivity index is 1.17. The van der Waals surface area contributed by atoms with Crippen molar-refractivity contribution in [3.63, 3.8) is 0 Å². The van der Waals surface area contributed by atoms with Gasteiger partial charge in [-0.1, -0.05) is 12.2 Å². The van der Waals surface area contributed by atoms with Crippen LogP contribution in [0.3, 0.4) is 0 Å². The highest BCUT2D eigenvalue weighted by Crippen LogP contribution is 2.26. The number of hydrogen-bond acceptors (Lipinski definition) is 16. The highest BCUT2D eigenvalue weighted by molar-refractivity contribution is 5.72. The Morgan fingerprint density at radius 2 is 0.825 bits per heavy atom. The molecular formula is C42H67F4NO16. The first-order valence-corrected chi connectivity index (χ1v) is 21.4. The van der Waals surface area contributed by atoms with E-state index < -0.39 is 47.5 Å².